The molecule has 7 nitrogen and oxygen atoms in total. The lowest BCUT2D eigenvalue weighted by atomic mass is 10.1. The molecule has 1 N–H and O–H groups in total. The maximum absolute atomic E-state index is 12.9. The first-order valence-electron chi connectivity index (χ1n) is 8.52. The van der Waals surface area contributed by atoms with Gasteiger partial charge in [-0.25, -0.2) is 13.4 Å². The van der Waals surface area contributed by atoms with Gasteiger partial charge in [0.25, 0.3) is 5.91 Å². The lowest BCUT2D eigenvalue weighted by molar-refractivity contribution is 0.0918. The van der Waals surface area contributed by atoms with E-state index in [1.54, 1.807) is 6.07 Å². The Morgan fingerprint density at radius 3 is 2.54 bits per heavy atom. The molecule has 0 atom stereocenters. The van der Waals surface area contributed by atoms with E-state index in [2.05, 4.69) is 15.3 Å². The Morgan fingerprint density at radius 2 is 1.92 bits per heavy atom. The topological polar surface area (TPSA) is 92.3 Å². The first-order valence-corrected chi connectivity index (χ1v) is 9.96. The number of rotatable bonds is 4. The highest BCUT2D eigenvalue weighted by atomic mass is 32.2. The minimum absolute atomic E-state index is 0.0740. The van der Waals surface area contributed by atoms with Gasteiger partial charge in [-0.05, 0) is 38.3 Å². The lowest BCUT2D eigenvalue weighted by Gasteiger charge is -2.31. The summed E-state index contributed by atoms with van der Waals surface area (Å²) >= 11 is 0. The first-order chi connectivity index (χ1) is 12.4. The molecule has 26 heavy (non-hydrogen) atoms. The number of nitrogens with one attached hydrogen (secondary N) is 1. The molecule has 1 amide bonds. The maximum atomic E-state index is 12.9. The second-order valence-corrected chi connectivity index (χ2v) is 8.42. The Hall–Kier alpha value is -2.32. The largest absolute Gasteiger partial charge is 0.348 e. The SMILES string of the molecule is Cc1ccc(S(=O)(=O)N2CCC(NC(=O)c3cnccn3)CC2)c(C)c1. The van der Waals surface area contributed by atoms with Gasteiger partial charge in [-0.2, -0.15) is 4.31 Å². The monoisotopic (exact) mass is 374 g/mol. The van der Waals surface area contributed by atoms with Gasteiger partial charge in [0.05, 0.1) is 11.1 Å². The zero-order valence-electron chi connectivity index (χ0n) is 14.8. The second kappa shape index (κ2) is 7.51. The predicted molar refractivity (Wildman–Crippen MR) is 97.2 cm³/mol. The van der Waals surface area contributed by atoms with E-state index in [9.17, 15) is 13.2 Å². The summed E-state index contributed by atoms with van der Waals surface area (Å²) in [7, 11) is -3.52. The Kier molecular flexibility index (Phi) is 5.33. The smallest absolute Gasteiger partial charge is 0.271 e. The summed E-state index contributed by atoms with van der Waals surface area (Å²) in [5.41, 5.74) is 2.05. The van der Waals surface area contributed by atoms with Gasteiger partial charge in [-0.15, -0.1) is 0 Å². The number of hydrogen-bond acceptors (Lipinski definition) is 5. The number of hydrogen-bond donors (Lipinski definition) is 1. The molecule has 0 spiro atoms. The number of carbonyl (C=O) groups is 1. The molecule has 0 aliphatic carbocycles. The van der Waals surface area contributed by atoms with E-state index < -0.39 is 10.0 Å². The minimum atomic E-state index is -3.52. The van der Waals surface area contributed by atoms with Crippen LogP contribution in [-0.4, -0.2) is 47.7 Å². The summed E-state index contributed by atoms with van der Waals surface area (Å²) in [6, 6.07) is 5.28. The van der Waals surface area contributed by atoms with Crippen LogP contribution in [0.5, 0.6) is 0 Å². The summed E-state index contributed by atoms with van der Waals surface area (Å²) in [4.78, 5) is 20.4. The van der Waals surface area contributed by atoms with Gasteiger partial charge < -0.3 is 5.32 Å². The fourth-order valence-corrected chi connectivity index (χ4v) is 4.82. The van der Waals surface area contributed by atoms with Crippen molar-refractivity contribution in [2.24, 2.45) is 0 Å². The van der Waals surface area contributed by atoms with Crippen LogP contribution >= 0.6 is 0 Å². The number of aryl methyl sites for hydroxylation is 2. The molecule has 0 bridgehead atoms. The highest BCUT2D eigenvalue weighted by molar-refractivity contribution is 7.89. The standard InChI is InChI=1S/C18H22N4O3S/c1-13-3-4-17(14(2)11-13)26(24,25)22-9-5-15(6-10-22)21-18(23)16-12-19-7-8-20-16/h3-4,7-8,11-12,15H,5-6,9-10H2,1-2H3,(H,21,23). The first kappa shape index (κ1) is 18.5. The van der Waals surface area contributed by atoms with Gasteiger partial charge in [0.1, 0.15) is 5.69 Å². The molecule has 138 valence electrons. The molecule has 2 aromatic rings. The fourth-order valence-electron chi connectivity index (χ4n) is 3.14. The molecule has 1 fully saturated rings. The number of nitrogens with zero attached hydrogens (tertiary/aromatic N) is 3. The Balaban J connectivity index is 1.63. The average Bonchev–Trinajstić information content (AvgIpc) is 2.62. The number of amides is 1. The van der Waals surface area contributed by atoms with Crippen LogP contribution in [0.3, 0.4) is 0 Å². The zero-order valence-corrected chi connectivity index (χ0v) is 15.7. The number of aromatic nitrogens is 2. The average molecular weight is 374 g/mol. The van der Waals surface area contributed by atoms with Crippen LogP contribution in [0.1, 0.15) is 34.5 Å². The van der Waals surface area contributed by atoms with Gasteiger partial charge in [0.2, 0.25) is 10.0 Å². The van der Waals surface area contributed by atoms with Crippen molar-refractivity contribution < 1.29 is 13.2 Å². The molecule has 1 aromatic heterocycles. The van der Waals surface area contributed by atoms with Crippen LogP contribution in [0.25, 0.3) is 0 Å². The summed E-state index contributed by atoms with van der Waals surface area (Å²) < 4.78 is 27.3. The third-order valence-corrected chi connectivity index (χ3v) is 6.59. The molecule has 3 rings (SSSR count). The molecular weight excluding hydrogens is 352 g/mol. The van der Waals surface area contributed by atoms with Crippen LogP contribution in [0.2, 0.25) is 0 Å². The van der Waals surface area contributed by atoms with Crippen LogP contribution in [0, 0.1) is 13.8 Å². The van der Waals surface area contributed by atoms with Gasteiger partial charge in [-0.3, -0.25) is 9.78 Å². The van der Waals surface area contributed by atoms with Gasteiger partial charge in [-0.1, -0.05) is 17.7 Å². The Labute approximate surface area is 153 Å². The van der Waals surface area contributed by atoms with E-state index in [-0.39, 0.29) is 17.6 Å². The van der Waals surface area contributed by atoms with Crippen molar-refractivity contribution in [3.63, 3.8) is 0 Å². The Bertz CT molecular complexity index is 892. The molecule has 0 saturated carbocycles. The maximum Gasteiger partial charge on any atom is 0.271 e. The van der Waals surface area contributed by atoms with Crippen molar-refractivity contribution in [2.45, 2.75) is 37.6 Å². The molecule has 1 saturated heterocycles. The summed E-state index contributed by atoms with van der Waals surface area (Å²) in [6.07, 6.45) is 5.52. The number of piperidine rings is 1. The normalized spacial score (nSPS) is 16.4. The van der Waals surface area contributed by atoms with Crippen molar-refractivity contribution in [3.05, 3.63) is 53.6 Å². The molecule has 1 aromatic carbocycles. The molecule has 0 unspecified atom stereocenters. The van der Waals surface area contributed by atoms with E-state index in [0.717, 1.165) is 11.1 Å². The molecule has 2 heterocycles. The summed E-state index contributed by atoms with van der Waals surface area (Å²) in [5.74, 6) is -0.284. The van der Waals surface area contributed by atoms with E-state index in [4.69, 9.17) is 0 Å². The van der Waals surface area contributed by atoms with Crippen molar-refractivity contribution in [1.82, 2.24) is 19.6 Å². The van der Waals surface area contributed by atoms with Crippen molar-refractivity contribution in [2.75, 3.05) is 13.1 Å². The summed E-state index contributed by atoms with van der Waals surface area (Å²) in [6.45, 7) is 4.50. The van der Waals surface area contributed by atoms with Gasteiger partial charge in [0.15, 0.2) is 0 Å². The minimum Gasteiger partial charge on any atom is -0.348 e. The second-order valence-electron chi connectivity index (χ2n) is 6.51. The molecule has 8 heteroatoms. The van der Waals surface area contributed by atoms with Crippen LogP contribution in [-0.2, 0) is 10.0 Å². The van der Waals surface area contributed by atoms with Crippen LogP contribution < -0.4 is 5.32 Å². The zero-order chi connectivity index (χ0) is 18.7. The molecule has 1 aliphatic rings. The third kappa shape index (κ3) is 3.91. The molecule has 0 radical (unpaired) electrons. The van der Waals surface area contributed by atoms with E-state index in [0.29, 0.717) is 30.8 Å². The lowest BCUT2D eigenvalue weighted by Crippen LogP contribution is -2.46. The van der Waals surface area contributed by atoms with Crippen LogP contribution in [0.15, 0.2) is 41.7 Å². The highest BCUT2D eigenvalue weighted by Crippen LogP contribution is 2.24. The Morgan fingerprint density at radius 1 is 1.19 bits per heavy atom. The van der Waals surface area contributed by atoms with E-state index in [1.165, 1.54) is 22.9 Å². The van der Waals surface area contributed by atoms with Gasteiger partial charge >= 0.3 is 0 Å². The molecular formula is C18H22N4O3S. The highest BCUT2D eigenvalue weighted by Gasteiger charge is 2.31. The fraction of sp³-hybridized carbons (Fsp3) is 0.389. The van der Waals surface area contributed by atoms with E-state index in [1.807, 2.05) is 26.0 Å². The quantitative estimate of drug-likeness (QED) is 0.879. The number of benzene rings is 1. The van der Waals surface area contributed by atoms with Crippen molar-refractivity contribution in [1.29, 1.82) is 0 Å². The molecule has 1 aliphatic heterocycles. The third-order valence-electron chi connectivity index (χ3n) is 4.53. The van der Waals surface area contributed by atoms with E-state index >= 15 is 0 Å². The van der Waals surface area contributed by atoms with Gasteiger partial charge in [0, 0.05) is 31.5 Å². The number of sulfonamides is 1. The summed E-state index contributed by atoms with van der Waals surface area (Å²) in [5, 5.41) is 2.90. The van der Waals surface area contributed by atoms with Crippen molar-refractivity contribution >= 4 is 15.9 Å². The van der Waals surface area contributed by atoms with Crippen molar-refractivity contribution in [3.8, 4) is 0 Å². The predicted octanol–water partition coefficient (Wildman–Crippen LogP) is 1.68. The van der Waals surface area contributed by atoms with Crippen LogP contribution in [0.4, 0.5) is 0 Å². The number of carbonyl (C=O) groups excluding carboxylic acids is 1.